The lowest BCUT2D eigenvalue weighted by Crippen LogP contribution is -2.21. The van der Waals surface area contributed by atoms with Crippen LogP contribution in [0.5, 0.6) is 0 Å². The maximum atomic E-state index is 14.0. The lowest BCUT2D eigenvalue weighted by Gasteiger charge is -2.17. The molecule has 1 aromatic carbocycles. The van der Waals surface area contributed by atoms with Crippen LogP contribution in [0, 0.1) is 5.82 Å². The van der Waals surface area contributed by atoms with Crippen molar-refractivity contribution in [3.8, 4) is 0 Å². The average molecular weight is 294 g/mol. The summed E-state index contributed by atoms with van der Waals surface area (Å²) in [4.78, 5) is 12.8. The molecule has 0 bridgehead atoms. The van der Waals surface area contributed by atoms with Crippen molar-refractivity contribution in [2.24, 2.45) is 0 Å². The molecular formula is C17H15FN4. The third-order valence-corrected chi connectivity index (χ3v) is 4.24. The van der Waals surface area contributed by atoms with Gasteiger partial charge in [0.1, 0.15) is 17.2 Å². The van der Waals surface area contributed by atoms with Crippen LogP contribution in [0.4, 0.5) is 10.2 Å². The maximum Gasteiger partial charge on any atom is 0.180 e. The van der Waals surface area contributed by atoms with Gasteiger partial charge in [0.25, 0.3) is 0 Å². The summed E-state index contributed by atoms with van der Waals surface area (Å²) in [5, 5.41) is 3.32. The van der Waals surface area contributed by atoms with Gasteiger partial charge >= 0.3 is 0 Å². The number of benzene rings is 1. The van der Waals surface area contributed by atoms with Gasteiger partial charge in [0.05, 0.1) is 0 Å². The van der Waals surface area contributed by atoms with E-state index in [1.807, 2.05) is 24.3 Å². The molecule has 5 heteroatoms. The van der Waals surface area contributed by atoms with E-state index in [-0.39, 0.29) is 11.2 Å². The smallest absolute Gasteiger partial charge is 0.180 e. The van der Waals surface area contributed by atoms with E-state index in [1.54, 1.807) is 18.5 Å². The van der Waals surface area contributed by atoms with Gasteiger partial charge in [-0.1, -0.05) is 18.2 Å². The highest BCUT2D eigenvalue weighted by Crippen LogP contribution is 2.48. The van der Waals surface area contributed by atoms with Crippen LogP contribution in [0.15, 0.2) is 48.8 Å². The zero-order chi connectivity index (χ0) is 15.0. The highest BCUT2D eigenvalue weighted by Gasteiger charge is 2.45. The minimum absolute atomic E-state index is 0.107. The summed E-state index contributed by atoms with van der Waals surface area (Å²) in [5.41, 5.74) is 2.07. The number of rotatable bonds is 4. The van der Waals surface area contributed by atoms with Gasteiger partial charge in [-0.15, -0.1) is 0 Å². The standard InChI is InChI=1S/C17H15FN4/c18-13-4-2-1-3-12(13)17(7-8-17)11-21-15-6-5-14-16(22-15)20-10-9-19-14/h1-6,9-10H,7-8,11H2,(H,20,21,22). The fourth-order valence-corrected chi connectivity index (χ4v) is 2.80. The molecule has 0 aliphatic heterocycles. The minimum atomic E-state index is -0.126. The Morgan fingerprint density at radius 3 is 2.68 bits per heavy atom. The van der Waals surface area contributed by atoms with Crippen LogP contribution in [0.3, 0.4) is 0 Å². The number of aromatic nitrogens is 3. The molecule has 1 aliphatic carbocycles. The Morgan fingerprint density at radius 2 is 1.86 bits per heavy atom. The molecule has 0 amide bonds. The highest BCUT2D eigenvalue weighted by molar-refractivity contribution is 5.71. The number of pyridine rings is 1. The molecule has 1 N–H and O–H groups in total. The topological polar surface area (TPSA) is 50.7 Å². The monoisotopic (exact) mass is 294 g/mol. The molecule has 1 saturated carbocycles. The summed E-state index contributed by atoms with van der Waals surface area (Å²) in [6.45, 7) is 0.673. The summed E-state index contributed by atoms with van der Waals surface area (Å²) < 4.78 is 14.0. The van der Waals surface area contributed by atoms with E-state index < -0.39 is 0 Å². The number of anilines is 1. The summed E-state index contributed by atoms with van der Waals surface area (Å²) in [6.07, 6.45) is 5.26. The largest absolute Gasteiger partial charge is 0.369 e. The normalized spacial score (nSPS) is 15.7. The first-order chi connectivity index (χ1) is 10.8. The zero-order valence-corrected chi connectivity index (χ0v) is 12.0. The van der Waals surface area contributed by atoms with Crippen molar-refractivity contribution in [1.82, 2.24) is 15.0 Å². The molecule has 4 rings (SSSR count). The van der Waals surface area contributed by atoms with E-state index in [4.69, 9.17) is 0 Å². The SMILES string of the molecule is Fc1ccccc1C1(CNc2ccc3nccnc3n2)CC1. The van der Waals surface area contributed by atoms with Crippen LogP contribution >= 0.6 is 0 Å². The molecule has 0 radical (unpaired) electrons. The zero-order valence-electron chi connectivity index (χ0n) is 12.0. The van der Waals surface area contributed by atoms with E-state index >= 15 is 0 Å². The average Bonchev–Trinajstić information content (AvgIpc) is 3.34. The van der Waals surface area contributed by atoms with Crippen LogP contribution in [0.25, 0.3) is 11.2 Å². The Kier molecular flexibility index (Phi) is 2.99. The van der Waals surface area contributed by atoms with Gasteiger partial charge in [0, 0.05) is 24.4 Å². The molecule has 110 valence electrons. The maximum absolute atomic E-state index is 14.0. The number of halogens is 1. The predicted molar refractivity (Wildman–Crippen MR) is 83.1 cm³/mol. The quantitative estimate of drug-likeness (QED) is 0.802. The van der Waals surface area contributed by atoms with E-state index in [0.717, 1.165) is 29.7 Å². The summed E-state index contributed by atoms with van der Waals surface area (Å²) >= 11 is 0. The van der Waals surface area contributed by atoms with Gasteiger partial charge in [-0.05, 0) is 36.6 Å². The Balaban J connectivity index is 1.55. The predicted octanol–water partition coefficient (Wildman–Crippen LogP) is 3.31. The van der Waals surface area contributed by atoms with Gasteiger partial charge in [-0.3, -0.25) is 4.98 Å². The van der Waals surface area contributed by atoms with Crippen molar-refractivity contribution in [3.05, 3.63) is 60.2 Å². The van der Waals surface area contributed by atoms with Gasteiger partial charge < -0.3 is 5.32 Å². The van der Waals surface area contributed by atoms with Crippen LogP contribution in [0.1, 0.15) is 18.4 Å². The first kappa shape index (κ1) is 13.1. The summed E-state index contributed by atoms with van der Waals surface area (Å²) in [5.74, 6) is 0.620. The molecule has 2 aromatic heterocycles. The van der Waals surface area contributed by atoms with Gasteiger partial charge in [-0.25, -0.2) is 14.4 Å². The Bertz CT molecular complexity index is 830. The number of nitrogens with one attached hydrogen (secondary N) is 1. The number of hydrogen-bond acceptors (Lipinski definition) is 4. The van der Waals surface area contributed by atoms with Gasteiger partial charge in [0.2, 0.25) is 0 Å². The Morgan fingerprint density at radius 1 is 1.05 bits per heavy atom. The molecule has 0 saturated heterocycles. The number of nitrogens with zero attached hydrogens (tertiary/aromatic N) is 3. The minimum Gasteiger partial charge on any atom is -0.369 e. The lowest BCUT2D eigenvalue weighted by molar-refractivity contribution is 0.578. The third kappa shape index (κ3) is 2.28. The van der Waals surface area contributed by atoms with Crippen molar-refractivity contribution in [1.29, 1.82) is 0 Å². The first-order valence-corrected chi connectivity index (χ1v) is 7.34. The molecular weight excluding hydrogens is 279 g/mol. The Hall–Kier alpha value is -2.56. The van der Waals surface area contributed by atoms with Crippen LogP contribution in [-0.4, -0.2) is 21.5 Å². The molecule has 0 spiro atoms. The Labute approximate surface area is 127 Å². The molecule has 4 nitrogen and oxygen atoms in total. The van der Waals surface area contributed by atoms with Crippen molar-refractivity contribution >= 4 is 17.0 Å². The molecule has 22 heavy (non-hydrogen) atoms. The second kappa shape index (κ2) is 5.02. The third-order valence-electron chi connectivity index (χ3n) is 4.24. The second-order valence-corrected chi connectivity index (χ2v) is 5.71. The molecule has 1 aliphatic rings. The molecule has 1 fully saturated rings. The highest BCUT2D eigenvalue weighted by atomic mass is 19.1. The fraction of sp³-hybridized carbons (Fsp3) is 0.235. The number of hydrogen-bond donors (Lipinski definition) is 1. The fourth-order valence-electron chi connectivity index (χ4n) is 2.80. The molecule has 0 atom stereocenters. The van der Waals surface area contributed by atoms with E-state index in [2.05, 4.69) is 20.3 Å². The van der Waals surface area contributed by atoms with E-state index in [9.17, 15) is 4.39 Å². The van der Waals surface area contributed by atoms with Crippen molar-refractivity contribution in [2.75, 3.05) is 11.9 Å². The van der Waals surface area contributed by atoms with Crippen molar-refractivity contribution in [3.63, 3.8) is 0 Å². The van der Waals surface area contributed by atoms with E-state index in [1.165, 1.54) is 6.07 Å². The summed E-state index contributed by atoms with van der Waals surface area (Å²) in [6, 6.07) is 10.8. The lowest BCUT2D eigenvalue weighted by atomic mass is 9.95. The van der Waals surface area contributed by atoms with Crippen LogP contribution < -0.4 is 5.32 Å². The van der Waals surface area contributed by atoms with E-state index in [0.29, 0.717) is 12.2 Å². The second-order valence-electron chi connectivity index (χ2n) is 5.71. The molecule has 3 aromatic rings. The van der Waals surface area contributed by atoms with Gasteiger partial charge in [0.15, 0.2) is 5.65 Å². The number of fused-ring (bicyclic) bond motifs is 1. The molecule has 0 unspecified atom stereocenters. The van der Waals surface area contributed by atoms with Crippen molar-refractivity contribution < 1.29 is 4.39 Å². The first-order valence-electron chi connectivity index (χ1n) is 7.34. The van der Waals surface area contributed by atoms with Gasteiger partial charge in [-0.2, -0.15) is 0 Å². The molecule has 2 heterocycles. The van der Waals surface area contributed by atoms with Crippen molar-refractivity contribution in [2.45, 2.75) is 18.3 Å². The summed E-state index contributed by atoms with van der Waals surface area (Å²) in [7, 11) is 0. The van der Waals surface area contributed by atoms with Crippen LogP contribution in [0.2, 0.25) is 0 Å². The van der Waals surface area contributed by atoms with Crippen LogP contribution in [-0.2, 0) is 5.41 Å².